The Labute approximate surface area is 132 Å². The van der Waals surface area contributed by atoms with Crippen LogP contribution in [0.3, 0.4) is 0 Å². The maximum atomic E-state index is 12.0. The molecule has 0 bridgehead atoms. The molecule has 0 radical (unpaired) electrons. The Balaban J connectivity index is 4.18. The number of alkyl carbamates (subject to hydrolysis) is 1. The van der Waals surface area contributed by atoms with Crippen LogP contribution in [0, 0.1) is 5.92 Å². The molecule has 0 saturated heterocycles. The fourth-order valence-electron chi connectivity index (χ4n) is 1.63. The Bertz CT molecular complexity index is 297. The third-order valence-corrected chi connectivity index (χ3v) is 3.44. The molecule has 0 aromatic carbocycles. The van der Waals surface area contributed by atoms with Gasteiger partial charge in [-0.15, -0.1) is 0 Å². The second-order valence-corrected chi connectivity index (χ2v) is 6.30. The van der Waals surface area contributed by atoms with Crippen LogP contribution in [0.25, 0.3) is 0 Å². The average molecular weight is 319 g/mol. The van der Waals surface area contributed by atoms with Gasteiger partial charge in [0.05, 0.1) is 13.2 Å². The first kappa shape index (κ1) is 20.1. The minimum Gasteiger partial charge on any atom is -0.464 e. The van der Waals surface area contributed by atoms with E-state index >= 15 is 0 Å². The maximum Gasteiger partial charge on any atom is 0.407 e. The van der Waals surface area contributed by atoms with Gasteiger partial charge in [0.1, 0.15) is 6.04 Å². The molecule has 0 aliphatic carbocycles. The van der Waals surface area contributed by atoms with Crippen LogP contribution in [-0.2, 0) is 14.3 Å². The molecule has 6 heteroatoms. The zero-order valence-electron chi connectivity index (χ0n) is 13.6. The van der Waals surface area contributed by atoms with Gasteiger partial charge >= 0.3 is 12.1 Å². The van der Waals surface area contributed by atoms with Crippen LogP contribution < -0.4 is 5.32 Å². The Kier molecular flexibility index (Phi) is 12.2. The third-order valence-electron chi connectivity index (χ3n) is 2.79. The molecule has 21 heavy (non-hydrogen) atoms. The summed E-state index contributed by atoms with van der Waals surface area (Å²) in [4.78, 5) is 23.6. The summed E-state index contributed by atoms with van der Waals surface area (Å²) in [5, 5.41) is 2.59. The molecule has 0 rings (SSSR count). The summed E-state index contributed by atoms with van der Waals surface area (Å²) in [6.45, 7) is 6.94. The van der Waals surface area contributed by atoms with Crippen molar-refractivity contribution in [3.63, 3.8) is 0 Å². The topological polar surface area (TPSA) is 64.6 Å². The van der Waals surface area contributed by atoms with Crippen molar-refractivity contribution in [2.24, 2.45) is 5.92 Å². The lowest BCUT2D eigenvalue weighted by molar-refractivity contribution is -0.146. The highest BCUT2D eigenvalue weighted by atomic mass is 32.2. The second kappa shape index (κ2) is 12.8. The van der Waals surface area contributed by atoms with E-state index < -0.39 is 12.1 Å². The van der Waals surface area contributed by atoms with E-state index in [0.717, 1.165) is 25.0 Å². The van der Waals surface area contributed by atoms with Gasteiger partial charge in [-0.3, -0.25) is 0 Å². The molecule has 1 atom stereocenters. The summed E-state index contributed by atoms with van der Waals surface area (Å²) in [5.74, 6) is 0.999. The van der Waals surface area contributed by atoms with Gasteiger partial charge in [-0.2, -0.15) is 11.8 Å². The van der Waals surface area contributed by atoms with Gasteiger partial charge < -0.3 is 14.8 Å². The summed E-state index contributed by atoms with van der Waals surface area (Å²) in [5.41, 5.74) is 0. The van der Waals surface area contributed by atoms with Gasteiger partial charge in [-0.1, -0.05) is 20.8 Å². The highest BCUT2D eigenvalue weighted by molar-refractivity contribution is 7.98. The summed E-state index contributed by atoms with van der Waals surface area (Å²) in [7, 11) is 0. The molecule has 0 aliphatic rings. The van der Waals surface area contributed by atoms with Crippen LogP contribution >= 0.6 is 11.8 Å². The van der Waals surface area contributed by atoms with E-state index in [2.05, 4.69) is 19.2 Å². The fourth-order valence-corrected chi connectivity index (χ4v) is 2.10. The van der Waals surface area contributed by atoms with E-state index in [1.165, 1.54) is 0 Å². The molecule has 0 heterocycles. The van der Waals surface area contributed by atoms with Gasteiger partial charge in [-0.25, -0.2) is 9.59 Å². The lowest BCUT2D eigenvalue weighted by atomic mass is 10.1. The number of carbonyl (C=O) groups is 2. The highest BCUT2D eigenvalue weighted by Crippen LogP contribution is 2.06. The number of hydrogen-bond acceptors (Lipinski definition) is 5. The van der Waals surface area contributed by atoms with Gasteiger partial charge in [0, 0.05) is 0 Å². The first-order chi connectivity index (χ1) is 10.0. The molecule has 0 aromatic heterocycles. The van der Waals surface area contributed by atoms with E-state index in [1.807, 2.05) is 13.2 Å². The van der Waals surface area contributed by atoms with E-state index in [9.17, 15) is 9.59 Å². The largest absolute Gasteiger partial charge is 0.464 e. The molecule has 1 unspecified atom stereocenters. The van der Waals surface area contributed by atoms with Crippen LogP contribution in [0.5, 0.6) is 0 Å². The van der Waals surface area contributed by atoms with Crippen molar-refractivity contribution in [3.05, 3.63) is 0 Å². The monoisotopic (exact) mass is 319 g/mol. The number of rotatable bonds is 11. The Hall–Kier alpha value is -0.910. The minimum atomic E-state index is -0.624. The van der Waals surface area contributed by atoms with Gasteiger partial charge in [0.25, 0.3) is 0 Å². The van der Waals surface area contributed by atoms with E-state index in [4.69, 9.17) is 9.47 Å². The van der Waals surface area contributed by atoms with E-state index in [1.54, 1.807) is 11.8 Å². The number of carbonyl (C=O) groups excluding carboxylic acids is 2. The predicted molar refractivity (Wildman–Crippen MR) is 86.6 cm³/mol. The predicted octanol–water partition coefficient (Wildman–Crippen LogP) is 3.22. The van der Waals surface area contributed by atoms with Crippen molar-refractivity contribution >= 4 is 23.8 Å². The average Bonchev–Trinajstić information content (AvgIpc) is 2.45. The van der Waals surface area contributed by atoms with Crippen molar-refractivity contribution in [3.8, 4) is 0 Å². The molecule has 124 valence electrons. The second-order valence-electron chi connectivity index (χ2n) is 5.32. The molecule has 0 spiro atoms. The molecule has 0 aliphatic heterocycles. The van der Waals surface area contributed by atoms with Crippen molar-refractivity contribution < 1.29 is 19.1 Å². The molecule has 1 N–H and O–H groups in total. The summed E-state index contributed by atoms with van der Waals surface area (Å²) in [6, 6.07) is -0.624. The number of thioether (sulfide) groups is 1. The molecular formula is C15H29NO4S. The SMILES string of the molecule is CCCOC(=O)NC(CCSC)C(=O)OCCCC(C)C. The summed E-state index contributed by atoms with van der Waals surface area (Å²) >= 11 is 1.62. The minimum absolute atomic E-state index is 0.352. The normalized spacial score (nSPS) is 12.0. The Morgan fingerprint density at radius 2 is 1.86 bits per heavy atom. The molecule has 0 aromatic rings. The number of amides is 1. The first-order valence-corrected chi connectivity index (χ1v) is 8.99. The number of esters is 1. The number of ether oxygens (including phenoxy) is 2. The standard InChI is InChI=1S/C15H29NO4S/c1-5-9-20-15(18)16-13(8-11-21-4)14(17)19-10-6-7-12(2)3/h12-13H,5-11H2,1-4H3,(H,16,18). The molecule has 1 amide bonds. The van der Waals surface area contributed by atoms with Crippen molar-refractivity contribution in [1.29, 1.82) is 0 Å². The van der Waals surface area contributed by atoms with Gasteiger partial charge in [-0.05, 0) is 43.6 Å². The number of hydrogen-bond donors (Lipinski definition) is 1. The molecule has 5 nitrogen and oxygen atoms in total. The molecule has 0 saturated carbocycles. The third kappa shape index (κ3) is 11.4. The van der Waals surface area contributed by atoms with Crippen LogP contribution in [0.1, 0.15) is 46.5 Å². The van der Waals surface area contributed by atoms with Crippen LogP contribution in [-0.4, -0.2) is 43.3 Å². The number of nitrogens with one attached hydrogen (secondary N) is 1. The maximum absolute atomic E-state index is 12.0. The smallest absolute Gasteiger partial charge is 0.407 e. The lowest BCUT2D eigenvalue weighted by Gasteiger charge is -2.17. The van der Waals surface area contributed by atoms with Crippen molar-refractivity contribution in [2.45, 2.75) is 52.5 Å². The van der Waals surface area contributed by atoms with Crippen LogP contribution in [0.2, 0.25) is 0 Å². The van der Waals surface area contributed by atoms with Crippen LogP contribution in [0.15, 0.2) is 0 Å². The van der Waals surface area contributed by atoms with E-state index in [0.29, 0.717) is 25.6 Å². The molecule has 0 fully saturated rings. The van der Waals surface area contributed by atoms with E-state index in [-0.39, 0.29) is 5.97 Å². The highest BCUT2D eigenvalue weighted by Gasteiger charge is 2.22. The van der Waals surface area contributed by atoms with Gasteiger partial charge in [0.15, 0.2) is 0 Å². The lowest BCUT2D eigenvalue weighted by Crippen LogP contribution is -2.42. The van der Waals surface area contributed by atoms with Crippen molar-refractivity contribution in [2.75, 3.05) is 25.2 Å². The van der Waals surface area contributed by atoms with Gasteiger partial charge in [0.2, 0.25) is 0 Å². The Morgan fingerprint density at radius 3 is 2.43 bits per heavy atom. The van der Waals surface area contributed by atoms with Crippen LogP contribution in [0.4, 0.5) is 4.79 Å². The summed E-state index contributed by atoms with van der Waals surface area (Å²) < 4.78 is 10.2. The zero-order valence-corrected chi connectivity index (χ0v) is 14.5. The van der Waals surface area contributed by atoms with Crippen molar-refractivity contribution in [1.82, 2.24) is 5.32 Å². The first-order valence-electron chi connectivity index (χ1n) is 7.60. The quantitative estimate of drug-likeness (QED) is 0.468. The fraction of sp³-hybridized carbons (Fsp3) is 0.867. The zero-order chi connectivity index (χ0) is 16.1. The summed E-state index contributed by atoms with van der Waals surface area (Å²) in [6.07, 6.45) is 4.57. The Morgan fingerprint density at radius 1 is 1.14 bits per heavy atom. The molecular weight excluding hydrogens is 290 g/mol.